The molecule has 4 rings (SSSR count). The number of thioether (sulfide) groups is 1. The van der Waals surface area contributed by atoms with Gasteiger partial charge >= 0.3 is 0 Å². The van der Waals surface area contributed by atoms with E-state index in [9.17, 15) is 0 Å². The van der Waals surface area contributed by atoms with Gasteiger partial charge in [-0.2, -0.15) is 0 Å². The smallest absolute Gasteiger partial charge is 0.192 e. The van der Waals surface area contributed by atoms with E-state index in [4.69, 9.17) is 0 Å². The molecule has 0 spiro atoms. The van der Waals surface area contributed by atoms with Crippen LogP contribution in [0.3, 0.4) is 0 Å². The minimum atomic E-state index is 0.338. The number of aromatic nitrogens is 3. The van der Waals surface area contributed by atoms with Gasteiger partial charge in [-0.3, -0.25) is 4.90 Å². The van der Waals surface area contributed by atoms with Crippen LogP contribution in [0, 0.1) is 0 Å². The molecule has 1 aromatic heterocycles. The van der Waals surface area contributed by atoms with E-state index in [-0.39, 0.29) is 0 Å². The lowest BCUT2D eigenvalue weighted by atomic mass is 10.2. The van der Waals surface area contributed by atoms with Crippen LogP contribution in [0.4, 0.5) is 0 Å². The van der Waals surface area contributed by atoms with Gasteiger partial charge in [0.2, 0.25) is 0 Å². The molecule has 2 aromatic carbocycles. The van der Waals surface area contributed by atoms with Crippen molar-refractivity contribution in [1.82, 2.24) is 19.7 Å². The molecule has 0 saturated carbocycles. The van der Waals surface area contributed by atoms with Crippen LogP contribution in [0.2, 0.25) is 0 Å². The molecule has 1 saturated heterocycles. The largest absolute Gasteiger partial charge is 0.300 e. The van der Waals surface area contributed by atoms with Crippen LogP contribution in [0.5, 0.6) is 0 Å². The molecule has 1 fully saturated rings. The van der Waals surface area contributed by atoms with Gasteiger partial charge in [0.15, 0.2) is 5.16 Å². The summed E-state index contributed by atoms with van der Waals surface area (Å²) in [6.07, 6.45) is 2.58. The van der Waals surface area contributed by atoms with Crippen LogP contribution >= 0.6 is 11.8 Å². The van der Waals surface area contributed by atoms with Crippen LogP contribution < -0.4 is 0 Å². The van der Waals surface area contributed by atoms with Gasteiger partial charge in [0.1, 0.15) is 5.82 Å². The van der Waals surface area contributed by atoms with Crippen molar-refractivity contribution in [2.75, 3.05) is 13.1 Å². The summed E-state index contributed by atoms with van der Waals surface area (Å²) < 4.78 is 2.30. The summed E-state index contributed by atoms with van der Waals surface area (Å²) in [5, 5.41) is 10.5. The van der Waals surface area contributed by atoms with Crippen molar-refractivity contribution >= 4 is 11.8 Å². The molecule has 2 heterocycles. The summed E-state index contributed by atoms with van der Waals surface area (Å²) in [4.78, 5) is 2.49. The Balaban J connectivity index is 1.58. The Morgan fingerprint density at radius 3 is 2.26 bits per heavy atom. The molecular formula is C22H26N4S. The van der Waals surface area contributed by atoms with E-state index in [1.807, 2.05) is 0 Å². The number of likely N-dealkylation sites (tertiary alicyclic amines) is 1. The Kier molecular flexibility index (Phi) is 5.90. The highest BCUT2D eigenvalue weighted by Gasteiger charge is 2.20. The normalized spacial score (nSPS) is 15.9. The second-order valence-electron chi connectivity index (χ2n) is 7.12. The number of rotatable bonds is 7. The molecule has 0 bridgehead atoms. The third-order valence-corrected chi connectivity index (χ3v) is 6.23. The zero-order valence-corrected chi connectivity index (χ0v) is 16.6. The highest BCUT2D eigenvalue weighted by Crippen LogP contribution is 2.34. The van der Waals surface area contributed by atoms with Crippen LogP contribution in [-0.4, -0.2) is 32.8 Å². The van der Waals surface area contributed by atoms with E-state index < -0.39 is 0 Å². The number of hydrogen-bond donors (Lipinski definition) is 0. The van der Waals surface area contributed by atoms with Crippen molar-refractivity contribution in [3.8, 4) is 0 Å². The molecule has 1 aliphatic heterocycles. The Morgan fingerprint density at radius 2 is 1.56 bits per heavy atom. The van der Waals surface area contributed by atoms with Crippen molar-refractivity contribution in [1.29, 1.82) is 0 Å². The number of hydrogen-bond acceptors (Lipinski definition) is 4. The zero-order valence-electron chi connectivity index (χ0n) is 15.8. The molecule has 4 nitrogen and oxygen atoms in total. The van der Waals surface area contributed by atoms with Crippen LogP contribution in [0.25, 0.3) is 0 Å². The predicted molar refractivity (Wildman–Crippen MR) is 111 cm³/mol. The first-order chi connectivity index (χ1) is 13.3. The Labute approximate surface area is 165 Å². The molecule has 0 radical (unpaired) electrons. The van der Waals surface area contributed by atoms with E-state index in [2.05, 4.69) is 87.3 Å². The summed E-state index contributed by atoms with van der Waals surface area (Å²) in [5.41, 5.74) is 2.60. The summed E-state index contributed by atoms with van der Waals surface area (Å²) in [6, 6.07) is 21.2. The van der Waals surface area contributed by atoms with Crippen molar-refractivity contribution in [3.63, 3.8) is 0 Å². The quantitative estimate of drug-likeness (QED) is 0.554. The van der Waals surface area contributed by atoms with E-state index in [0.29, 0.717) is 5.25 Å². The lowest BCUT2D eigenvalue weighted by Crippen LogP contribution is -2.21. The second kappa shape index (κ2) is 8.72. The zero-order chi connectivity index (χ0) is 18.5. The molecule has 140 valence electrons. The lowest BCUT2D eigenvalue weighted by molar-refractivity contribution is 0.316. The molecule has 0 N–H and O–H groups in total. The first-order valence-electron chi connectivity index (χ1n) is 9.69. The molecule has 1 atom stereocenters. The van der Waals surface area contributed by atoms with Crippen LogP contribution in [0.15, 0.2) is 65.8 Å². The molecular weight excluding hydrogens is 352 g/mol. The van der Waals surface area contributed by atoms with Gasteiger partial charge in [-0.05, 0) is 44.0 Å². The number of nitrogens with zero attached hydrogens (tertiary/aromatic N) is 4. The van der Waals surface area contributed by atoms with E-state index in [1.54, 1.807) is 11.8 Å². The Hall–Kier alpha value is -2.11. The van der Waals surface area contributed by atoms with Crippen LogP contribution in [0.1, 0.15) is 42.0 Å². The second-order valence-corrected chi connectivity index (χ2v) is 8.43. The van der Waals surface area contributed by atoms with Crippen molar-refractivity contribution < 1.29 is 0 Å². The Morgan fingerprint density at radius 1 is 0.889 bits per heavy atom. The van der Waals surface area contributed by atoms with Crippen molar-refractivity contribution in [2.45, 2.75) is 43.3 Å². The fourth-order valence-electron chi connectivity index (χ4n) is 3.54. The minimum Gasteiger partial charge on any atom is -0.300 e. The summed E-state index contributed by atoms with van der Waals surface area (Å²) in [7, 11) is 0. The predicted octanol–water partition coefficient (Wildman–Crippen LogP) is 4.78. The van der Waals surface area contributed by atoms with Gasteiger partial charge in [0, 0.05) is 5.25 Å². The van der Waals surface area contributed by atoms with Crippen molar-refractivity contribution in [2.24, 2.45) is 0 Å². The Bertz CT molecular complexity index is 841. The fourth-order valence-corrected chi connectivity index (χ4v) is 4.53. The molecule has 27 heavy (non-hydrogen) atoms. The van der Waals surface area contributed by atoms with Gasteiger partial charge in [-0.1, -0.05) is 72.4 Å². The van der Waals surface area contributed by atoms with Gasteiger partial charge < -0.3 is 4.57 Å². The highest BCUT2D eigenvalue weighted by atomic mass is 32.2. The van der Waals surface area contributed by atoms with Crippen molar-refractivity contribution in [3.05, 3.63) is 77.6 Å². The summed E-state index contributed by atoms with van der Waals surface area (Å²) >= 11 is 1.79. The SMILES string of the molecule is CC(Sc1nnc(CN2CCCC2)n1Cc1ccccc1)c1ccccc1. The molecule has 0 amide bonds. The topological polar surface area (TPSA) is 34.0 Å². The fraction of sp³-hybridized carbons (Fsp3) is 0.364. The maximum absolute atomic E-state index is 4.57. The minimum absolute atomic E-state index is 0.338. The maximum atomic E-state index is 4.57. The average molecular weight is 379 g/mol. The summed E-state index contributed by atoms with van der Waals surface area (Å²) in [6.45, 7) is 6.28. The van der Waals surface area contributed by atoms with E-state index in [0.717, 1.165) is 24.1 Å². The van der Waals surface area contributed by atoms with Crippen LogP contribution in [-0.2, 0) is 13.1 Å². The standard InChI is InChI=1S/C22H26N4S/c1-18(20-12-6-3-7-13-20)27-22-24-23-21(17-25-14-8-9-15-25)26(22)16-19-10-4-2-5-11-19/h2-7,10-13,18H,8-9,14-17H2,1H3. The molecule has 0 aliphatic carbocycles. The third kappa shape index (κ3) is 4.60. The lowest BCUT2D eigenvalue weighted by Gasteiger charge is -2.17. The average Bonchev–Trinajstić information content (AvgIpc) is 3.35. The van der Waals surface area contributed by atoms with E-state index >= 15 is 0 Å². The molecule has 1 unspecified atom stereocenters. The summed E-state index contributed by atoms with van der Waals surface area (Å²) in [5.74, 6) is 1.07. The van der Waals surface area contributed by atoms with E-state index in [1.165, 1.54) is 37.1 Å². The van der Waals surface area contributed by atoms with Gasteiger partial charge in [0.25, 0.3) is 0 Å². The van der Waals surface area contributed by atoms with Gasteiger partial charge in [0.05, 0.1) is 13.1 Å². The molecule has 3 aromatic rings. The number of benzene rings is 2. The molecule has 1 aliphatic rings. The monoisotopic (exact) mass is 378 g/mol. The first-order valence-corrected chi connectivity index (χ1v) is 10.6. The highest BCUT2D eigenvalue weighted by molar-refractivity contribution is 7.99. The van der Waals surface area contributed by atoms with Gasteiger partial charge in [-0.15, -0.1) is 10.2 Å². The first kappa shape index (κ1) is 18.3. The maximum Gasteiger partial charge on any atom is 0.192 e. The molecule has 5 heteroatoms. The third-order valence-electron chi connectivity index (χ3n) is 5.09. The van der Waals surface area contributed by atoms with Gasteiger partial charge in [-0.25, -0.2) is 0 Å².